The summed E-state index contributed by atoms with van der Waals surface area (Å²) in [7, 11) is 2.13. The van der Waals surface area contributed by atoms with Crippen LogP contribution in [0.3, 0.4) is 0 Å². The third-order valence-electron chi connectivity index (χ3n) is 5.36. The maximum Gasteiger partial charge on any atom is 0.406 e. The van der Waals surface area contributed by atoms with Gasteiger partial charge in [0.15, 0.2) is 5.15 Å². The van der Waals surface area contributed by atoms with Gasteiger partial charge in [-0.15, -0.1) is 0 Å². The Kier molecular flexibility index (Phi) is 5.09. The second-order valence-corrected chi connectivity index (χ2v) is 7.78. The van der Waals surface area contributed by atoms with Crippen LogP contribution in [0, 0.1) is 5.92 Å². The maximum atomic E-state index is 13.1. The van der Waals surface area contributed by atoms with Gasteiger partial charge in [0.1, 0.15) is 23.9 Å². The molecule has 3 heterocycles. The fourth-order valence-corrected chi connectivity index (χ4v) is 4.09. The SMILES string of the molecule is CN1CCC(CNc2ccc3c(c2)c2ncnc(Cl)c2n3CC(F)(F)F)CC1. The van der Waals surface area contributed by atoms with Crippen molar-refractivity contribution in [2.75, 3.05) is 32.0 Å². The molecule has 1 aliphatic heterocycles. The molecule has 0 unspecified atom stereocenters. The van der Waals surface area contributed by atoms with Crippen LogP contribution in [0.4, 0.5) is 18.9 Å². The van der Waals surface area contributed by atoms with Gasteiger partial charge in [-0.3, -0.25) is 0 Å². The number of likely N-dealkylation sites (tertiary alicyclic amines) is 1. The Labute approximate surface area is 165 Å². The van der Waals surface area contributed by atoms with E-state index in [0.717, 1.165) is 42.7 Å². The van der Waals surface area contributed by atoms with Crippen molar-refractivity contribution in [1.29, 1.82) is 0 Å². The minimum Gasteiger partial charge on any atom is -0.385 e. The molecule has 0 bridgehead atoms. The summed E-state index contributed by atoms with van der Waals surface area (Å²) in [5, 5.41) is 4.09. The molecule has 0 aliphatic carbocycles. The van der Waals surface area contributed by atoms with Gasteiger partial charge in [0.05, 0.1) is 5.52 Å². The lowest BCUT2D eigenvalue weighted by molar-refractivity contribution is -0.139. The van der Waals surface area contributed by atoms with E-state index in [1.807, 2.05) is 12.1 Å². The van der Waals surface area contributed by atoms with Gasteiger partial charge >= 0.3 is 6.18 Å². The second-order valence-electron chi connectivity index (χ2n) is 7.42. The lowest BCUT2D eigenvalue weighted by Gasteiger charge is -2.29. The van der Waals surface area contributed by atoms with Gasteiger partial charge in [-0.05, 0) is 57.1 Å². The minimum absolute atomic E-state index is 0.0197. The highest BCUT2D eigenvalue weighted by Crippen LogP contribution is 2.34. The highest BCUT2D eigenvalue weighted by Gasteiger charge is 2.30. The zero-order chi connectivity index (χ0) is 19.9. The summed E-state index contributed by atoms with van der Waals surface area (Å²) in [5.41, 5.74) is 1.96. The van der Waals surface area contributed by atoms with Gasteiger partial charge in [0.2, 0.25) is 0 Å². The van der Waals surface area contributed by atoms with E-state index in [0.29, 0.717) is 22.3 Å². The van der Waals surface area contributed by atoms with Crippen LogP contribution in [0.2, 0.25) is 5.15 Å². The van der Waals surface area contributed by atoms with Crippen LogP contribution in [0.5, 0.6) is 0 Å². The van der Waals surface area contributed by atoms with E-state index < -0.39 is 12.7 Å². The molecule has 1 aliphatic rings. The third-order valence-corrected chi connectivity index (χ3v) is 5.64. The van der Waals surface area contributed by atoms with E-state index in [2.05, 4.69) is 27.2 Å². The molecule has 0 radical (unpaired) electrons. The number of rotatable bonds is 4. The van der Waals surface area contributed by atoms with Gasteiger partial charge in [-0.25, -0.2) is 9.97 Å². The Morgan fingerprint density at radius 1 is 1.21 bits per heavy atom. The average Bonchev–Trinajstić information content (AvgIpc) is 2.94. The average molecular weight is 412 g/mol. The fourth-order valence-electron chi connectivity index (χ4n) is 3.86. The Balaban J connectivity index is 1.67. The number of aromatic nitrogens is 3. The Bertz CT molecular complexity index is 993. The van der Waals surface area contributed by atoms with Gasteiger partial charge in [0.25, 0.3) is 0 Å². The van der Waals surface area contributed by atoms with Crippen molar-refractivity contribution in [2.24, 2.45) is 5.92 Å². The normalized spacial score (nSPS) is 16.9. The van der Waals surface area contributed by atoms with Gasteiger partial charge < -0.3 is 14.8 Å². The molecule has 0 atom stereocenters. The summed E-state index contributed by atoms with van der Waals surface area (Å²) in [4.78, 5) is 10.4. The van der Waals surface area contributed by atoms with Crippen molar-refractivity contribution in [1.82, 2.24) is 19.4 Å². The van der Waals surface area contributed by atoms with E-state index in [-0.39, 0.29) is 10.7 Å². The zero-order valence-corrected chi connectivity index (χ0v) is 16.2. The summed E-state index contributed by atoms with van der Waals surface area (Å²) in [6.45, 7) is 1.89. The largest absolute Gasteiger partial charge is 0.406 e. The van der Waals surface area contributed by atoms with E-state index in [1.165, 1.54) is 6.33 Å². The lowest BCUT2D eigenvalue weighted by atomic mass is 9.97. The monoisotopic (exact) mass is 411 g/mol. The highest BCUT2D eigenvalue weighted by molar-refractivity contribution is 6.34. The molecule has 1 aromatic carbocycles. The lowest BCUT2D eigenvalue weighted by Crippen LogP contribution is -2.32. The van der Waals surface area contributed by atoms with E-state index in [9.17, 15) is 13.2 Å². The summed E-state index contributed by atoms with van der Waals surface area (Å²) in [6.07, 6.45) is -0.817. The summed E-state index contributed by atoms with van der Waals surface area (Å²) < 4.78 is 40.5. The molecule has 2 aromatic heterocycles. The third kappa shape index (κ3) is 3.89. The van der Waals surface area contributed by atoms with Crippen molar-refractivity contribution in [3.63, 3.8) is 0 Å². The van der Waals surface area contributed by atoms with Gasteiger partial charge in [-0.2, -0.15) is 13.2 Å². The second kappa shape index (κ2) is 7.40. The van der Waals surface area contributed by atoms with E-state index in [4.69, 9.17) is 11.6 Å². The van der Waals surface area contributed by atoms with Crippen LogP contribution < -0.4 is 5.32 Å². The molecule has 9 heteroatoms. The number of anilines is 1. The molecular formula is C19H21ClF3N5. The van der Waals surface area contributed by atoms with Crippen molar-refractivity contribution in [3.8, 4) is 0 Å². The number of nitrogens with one attached hydrogen (secondary N) is 1. The molecule has 150 valence electrons. The van der Waals surface area contributed by atoms with Crippen LogP contribution >= 0.6 is 11.6 Å². The van der Waals surface area contributed by atoms with Crippen LogP contribution in [0.1, 0.15) is 12.8 Å². The minimum atomic E-state index is -4.37. The molecule has 3 aromatic rings. The Morgan fingerprint density at radius 2 is 1.96 bits per heavy atom. The van der Waals surface area contributed by atoms with Crippen molar-refractivity contribution in [3.05, 3.63) is 29.7 Å². The highest BCUT2D eigenvalue weighted by atomic mass is 35.5. The molecule has 1 N–H and O–H groups in total. The number of halogens is 4. The molecule has 28 heavy (non-hydrogen) atoms. The smallest absolute Gasteiger partial charge is 0.385 e. The summed E-state index contributed by atoms with van der Waals surface area (Å²) in [6, 6.07) is 5.35. The van der Waals surface area contributed by atoms with E-state index >= 15 is 0 Å². The first-order valence-electron chi connectivity index (χ1n) is 9.23. The standard InChI is InChI=1S/C19H21ClF3N5/c1-27-6-4-12(5-7-27)9-24-13-2-3-15-14(8-13)16-17(18(20)26-11-25-16)28(15)10-19(21,22)23/h2-3,8,11-12,24H,4-7,9-10H2,1H3. The number of hydrogen-bond donors (Lipinski definition) is 1. The summed E-state index contributed by atoms with van der Waals surface area (Å²) >= 11 is 6.12. The maximum absolute atomic E-state index is 13.1. The molecule has 0 amide bonds. The predicted molar refractivity (Wildman–Crippen MR) is 105 cm³/mol. The first-order chi connectivity index (χ1) is 13.3. The number of fused-ring (bicyclic) bond motifs is 3. The fraction of sp³-hybridized carbons (Fsp3) is 0.474. The summed E-state index contributed by atoms with van der Waals surface area (Å²) in [5.74, 6) is 0.593. The first-order valence-corrected chi connectivity index (χ1v) is 9.61. The quantitative estimate of drug-likeness (QED) is 0.639. The predicted octanol–water partition coefficient (Wildman–Crippen LogP) is 4.55. The van der Waals surface area contributed by atoms with Crippen LogP contribution in [0.15, 0.2) is 24.5 Å². The Hall–Kier alpha value is -2.06. The molecular weight excluding hydrogens is 391 g/mol. The molecule has 0 saturated carbocycles. The van der Waals surface area contributed by atoms with E-state index in [1.54, 1.807) is 6.07 Å². The number of nitrogens with zero attached hydrogens (tertiary/aromatic N) is 4. The topological polar surface area (TPSA) is 46.0 Å². The zero-order valence-electron chi connectivity index (χ0n) is 15.4. The van der Waals surface area contributed by atoms with Crippen LogP contribution in [0.25, 0.3) is 21.9 Å². The van der Waals surface area contributed by atoms with Crippen LogP contribution in [-0.2, 0) is 6.54 Å². The molecule has 0 spiro atoms. The Morgan fingerprint density at radius 3 is 2.68 bits per heavy atom. The number of alkyl halides is 3. The molecule has 4 rings (SSSR count). The molecule has 1 saturated heterocycles. The number of hydrogen-bond acceptors (Lipinski definition) is 4. The van der Waals surface area contributed by atoms with Crippen molar-refractivity contribution in [2.45, 2.75) is 25.6 Å². The van der Waals surface area contributed by atoms with Crippen molar-refractivity contribution >= 4 is 39.2 Å². The van der Waals surface area contributed by atoms with Gasteiger partial charge in [0, 0.05) is 17.6 Å². The molecule has 1 fully saturated rings. The number of benzene rings is 1. The van der Waals surface area contributed by atoms with Crippen LogP contribution in [-0.4, -0.2) is 52.3 Å². The molecule has 5 nitrogen and oxygen atoms in total. The van der Waals surface area contributed by atoms with Gasteiger partial charge in [-0.1, -0.05) is 11.6 Å². The number of piperidine rings is 1. The first kappa shape index (κ1) is 19.3. The van der Waals surface area contributed by atoms with Crippen molar-refractivity contribution < 1.29 is 13.2 Å².